The van der Waals surface area contributed by atoms with Gasteiger partial charge in [-0.2, -0.15) is 0 Å². The number of benzene rings is 3. The van der Waals surface area contributed by atoms with Gasteiger partial charge in [-0.1, -0.05) is 60.1 Å². The van der Waals surface area contributed by atoms with Gasteiger partial charge in [-0.3, -0.25) is 14.5 Å². The first-order valence-electron chi connectivity index (χ1n) is 11.7. The fourth-order valence-corrected chi connectivity index (χ4v) is 5.10. The van der Waals surface area contributed by atoms with Crippen molar-refractivity contribution in [2.45, 2.75) is 25.0 Å². The summed E-state index contributed by atoms with van der Waals surface area (Å²) in [5.74, 6) is -0.468. The molecule has 0 saturated carbocycles. The van der Waals surface area contributed by atoms with Crippen molar-refractivity contribution in [1.82, 2.24) is 15.2 Å². The Morgan fingerprint density at radius 1 is 1.11 bits per heavy atom. The van der Waals surface area contributed by atoms with Crippen LogP contribution in [0.3, 0.4) is 0 Å². The van der Waals surface area contributed by atoms with Crippen molar-refractivity contribution in [2.75, 3.05) is 13.7 Å². The lowest BCUT2D eigenvalue weighted by Gasteiger charge is -2.22. The molecule has 0 bridgehead atoms. The van der Waals surface area contributed by atoms with Crippen LogP contribution in [-0.4, -0.2) is 52.6 Å². The molecule has 36 heavy (non-hydrogen) atoms. The monoisotopic (exact) mass is 503 g/mol. The van der Waals surface area contributed by atoms with Gasteiger partial charge >= 0.3 is 5.97 Å². The highest BCUT2D eigenvalue weighted by Crippen LogP contribution is 2.34. The van der Waals surface area contributed by atoms with Gasteiger partial charge in [-0.15, -0.1) is 0 Å². The highest BCUT2D eigenvalue weighted by Gasteiger charge is 2.39. The zero-order valence-corrected chi connectivity index (χ0v) is 20.5. The molecule has 3 aromatic carbocycles. The van der Waals surface area contributed by atoms with Gasteiger partial charge in [0.15, 0.2) is 0 Å². The summed E-state index contributed by atoms with van der Waals surface area (Å²) in [4.78, 5) is 31.3. The van der Waals surface area contributed by atoms with Crippen LogP contribution in [0, 0.1) is 0 Å². The van der Waals surface area contributed by atoms with Gasteiger partial charge in [-0.05, 0) is 36.2 Å². The summed E-state index contributed by atoms with van der Waals surface area (Å²) in [5.41, 5.74) is 3.63. The number of ether oxygens (including phenoxy) is 1. The van der Waals surface area contributed by atoms with Crippen LogP contribution in [0.2, 0.25) is 5.02 Å². The molecule has 1 saturated heterocycles. The number of halogens is 1. The molecule has 4 aromatic rings. The van der Waals surface area contributed by atoms with Gasteiger partial charge in [0.05, 0.1) is 7.11 Å². The first kappa shape index (κ1) is 23.9. The lowest BCUT2D eigenvalue weighted by atomic mass is 10.0. The minimum absolute atomic E-state index is 0.165. The van der Waals surface area contributed by atoms with Crippen molar-refractivity contribution in [3.63, 3.8) is 0 Å². The van der Waals surface area contributed by atoms with Gasteiger partial charge < -0.3 is 20.1 Å². The number of nitrogens with zero attached hydrogens (tertiary/aromatic N) is 1. The van der Waals surface area contributed by atoms with Crippen molar-refractivity contribution in [3.8, 4) is 16.9 Å². The van der Waals surface area contributed by atoms with E-state index in [9.17, 15) is 14.7 Å². The van der Waals surface area contributed by atoms with Gasteiger partial charge in [0.25, 0.3) is 5.91 Å². The van der Waals surface area contributed by atoms with Gasteiger partial charge in [-0.25, -0.2) is 0 Å². The second kappa shape index (κ2) is 10.0. The van der Waals surface area contributed by atoms with E-state index in [-0.39, 0.29) is 23.7 Å². The molecule has 0 unspecified atom stereocenters. The summed E-state index contributed by atoms with van der Waals surface area (Å²) in [5, 5.41) is 14.8. The van der Waals surface area contributed by atoms with Crippen LogP contribution < -0.4 is 5.32 Å². The molecule has 0 aliphatic carbocycles. The van der Waals surface area contributed by atoms with E-state index in [1.54, 1.807) is 18.2 Å². The molecule has 7 nitrogen and oxygen atoms in total. The zero-order valence-electron chi connectivity index (χ0n) is 19.7. The number of aromatic hydroxyl groups is 1. The summed E-state index contributed by atoms with van der Waals surface area (Å²) in [7, 11) is 1.36. The van der Waals surface area contributed by atoms with E-state index in [0.717, 1.165) is 22.0 Å². The maximum Gasteiger partial charge on any atom is 0.323 e. The summed E-state index contributed by atoms with van der Waals surface area (Å²) < 4.78 is 5.02. The minimum atomic E-state index is -0.532. The summed E-state index contributed by atoms with van der Waals surface area (Å²) in [6, 6.07) is 21.4. The molecule has 8 heteroatoms. The number of likely N-dealkylation sites (tertiary alicyclic amines) is 1. The molecular weight excluding hydrogens is 478 g/mol. The number of fused-ring (bicyclic) bond motifs is 1. The molecule has 1 aliphatic rings. The second-order valence-corrected chi connectivity index (χ2v) is 9.37. The standard InChI is InChI=1S/C28H26ClN3O4/c1-36-28(35)23-14-20(16-32(23)15-18-9-5-6-10-24(18)33)30-27(34)26-25(17-7-3-2-4-8-17)21-13-19(29)11-12-22(21)31-26/h2-13,20,23,31,33H,14-16H2,1H3,(H,30,34)/t20-,23-/m0/s1. The largest absolute Gasteiger partial charge is 0.508 e. The molecule has 1 aromatic heterocycles. The molecule has 1 amide bonds. The number of phenols is 1. The highest BCUT2D eigenvalue weighted by atomic mass is 35.5. The van der Waals surface area contributed by atoms with E-state index in [2.05, 4.69) is 10.3 Å². The highest BCUT2D eigenvalue weighted by molar-refractivity contribution is 6.31. The Bertz CT molecular complexity index is 1420. The molecule has 2 atom stereocenters. The fourth-order valence-electron chi connectivity index (χ4n) is 4.92. The number of amides is 1. The Hall–Kier alpha value is -3.81. The number of carbonyl (C=O) groups is 2. The maximum absolute atomic E-state index is 13.6. The van der Waals surface area contributed by atoms with E-state index < -0.39 is 6.04 Å². The molecule has 1 aliphatic heterocycles. The average Bonchev–Trinajstić information content (AvgIpc) is 3.46. The van der Waals surface area contributed by atoms with E-state index >= 15 is 0 Å². The van der Waals surface area contributed by atoms with Gasteiger partial charge in [0.2, 0.25) is 0 Å². The fraction of sp³-hybridized carbons (Fsp3) is 0.214. The molecule has 2 heterocycles. The van der Waals surface area contributed by atoms with E-state index in [4.69, 9.17) is 16.3 Å². The molecule has 0 radical (unpaired) electrons. The topological polar surface area (TPSA) is 94.7 Å². The molecular formula is C28H26ClN3O4. The number of carbonyl (C=O) groups excluding carboxylic acids is 2. The first-order valence-corrected chi connectivity index (χ1v) is 12.1. The maximum atomic E-state index is 13.6. The van der Waals surface area contributed by atoms with Crippen LogP contribution in [-0.2, 0) is 16.1 Å². The number of methoxy groups -OCH3 is 1. The summed E-state index contributed by atoms with van der Waals surface area (Å²) in [6.07, 6.45) is 0.402. The predicted molar refractivity (Wildman–Crippen MR) is 139 cm³/mol. The quantitative estimate of drug-likeness (QED) is 0.330. The van der Waals surface area contributed by atoms with Crippen molar-refractivity contribution >= 4 is 34.4 Å². The number of esters is 1. The Kier molecular flexibility index (Phi) is 6.67. The molecule has 1 fully saturated rings. The number of aromatic amines is 1. The SMILES string of the molecule is COC(=O)[C@@H]1C[C@H](NC(=O)c2[nH]c3ccc(Cl)cc3c2-c2ccccc2)CN1Cc1ccccc1O. The number of hydrogen-bond acceptors (Lipinski definition) is 5. The normalized spacial score (nSPS) is 17.8. The van der Waals surface area contributed by atoms with Crippen molar-refractivity contribution in [2.24, 2.45) is 0 Å². The Morgan fingerprint density at radius 2 is 1.86 bits per heavy atom. The van der Waals surface area contributed by atoms with Crippen LogP contribution in [0.15, 0.2) is 72.8 Å². The van der Waals surface area contributed by atoms with Crippen LogP contribution in [0.4, 0.5) is 0 Å². The summed E-state index contributed by atoms with van der Waals surface area (Å²) in [6.45, 7) is 0.797. The number of phenolic OH excluding ortho intramolecular Hbond substituents is 1. The smallest absolute Gasteiger partial charge is 0.323 e. The van der Waals surface area contributed by atoms with Crippen LogP contribution >= 0.6 is 11.6 Å². The van der Waals surface area contributed by atoms with Gasteiger partial charge in [0.1, 0.15) is 17.5 Å². The number of rotatable bonds is 6. The van der Waals surface area contributed by atoms with Crippen LogP contribution in [0.1, 0.15) is 22.5 Å². The Morgan fingerprint density at radius 3 is 2.61 bits per heavy atom. The van der Waals surface area contributed by atoms with Crippen molar-refractivity contribution in [3.05, 3.63) is 89.1 Å². The second-order valence-electron chi connectivity index (χ2n) is 8.93. The Labute approximate surface area is 213 Å². The Balaban J connectivity index is 1.43. The number of H-pyrrole nitrogens is 1. The number of nitrogens with one attached hydrogen (secondary N) is 2. The third-order valence-electron chi connectivity index (χ3n) is 6.63. The number of aromatic nitrogens is 1. The predicted octanol–water partition coefficient (Wildman–Crippen LogP) is 4.74. The third kappa shape index (κ3) is 4.67. The molecule has 0 spiro atoms. The van der Waals surface area contributed by atoms with Crippen LogP contribution in [0.25, 0.3) is 22.0 Å². The van der Waals surface area contributed by atoms with E-state index in [1.807, 2.05) is 59.5 Å². The number of para-hydroxylation sites is 1. The zero-order chi connectivity index (χ0) is 25.2. The molecule has 5 rings (SSSR count). The lowest BCUT2D eigenvalue weighted by molar-refractivity contribution is -0.146. The van der Waals surface area contributed by atoms with Gasteiger partial charge in [0, 0.05) is 46.2 Å². The lowest BCUT2D eigenvalue weighted by Crippen LogP contribution is -2.38. The summed E-state index contributed by atoms with van der Waals surface area (Å²) >= 11 is 6.28. The van der Waals surface area contributed by atoms with E-state index in [0.29, 0.717) is 35.8 Å². The number of hydrogen-bond donors (Lipinski definition) is 3. The minimum Gasteiger partial charge on any atom is -0.508 e. The van der Waals surface area contributed by atoms with Crippen molar-refractivity contribution in [1.29, 1.82) is 0 Å². The van der Waals surface area contributed by atoms with Crippen molar-refractivity contribution < 1.29 is 19.4 Å². The first-order chi connectivity index (χ1) is 17.4. The third-order valence-corrected chi connectivity index (χ3v) is 6.86. The average molecular weight is 504 g/mol. The molecule has 3 N–H and O–H groups in total. The van der Waals surface area contributed by atoms with E-state index in [1.165, 1.54) is 7.11 Å². The van der Waals surface area contributed by atoms with Crippen LogP contribution in [0.5, 0.6) is 5.75 Å². The molecule has 184 valence electrons.